The lowest BCUT2D eigenvalue weighted by molar-refractivity contribution is 0.339. The third-order valence-corrected chi connectivity index (χ3v) is 4.15. The van der Waals surface area contributed by atoms with E-state index in [1.54, 1.807) is 0 Å². The van der Waals surface area contributed by atoms with Gasteiger partial charge in [0.25, 0.3) is 0 Å². The fourth-order valence-corrected chi connectivity index (χ4v) is 3.05. The predicted octanol–water partition coefficient (Wildman–Crippen LogP) is 4.31. The summed E-state index contributed by atoms with van der Waals surface area (Å²) in [7, 11) is 0. The maximum atomic E-state index is 5.48. The lowest BCUT2D eigenvalue weighted by atomic mass is 9.91. The van der Waals surface area contributed by atoms with Crippen LogP contribution < -0.4 is 10.1 Å². The largest absolute Gasteiger partial charge is 0.494 e. The molecular formula is C17H27NO. The van der Waals surface area contributed by atoms with Gasteiger partial charge in [-0.3, -0.25) is 0 Å². The number of ether oxygens (including phenoxy) is 1. The van der Waals surface area contributed by atoms with Crippen molar-refractivity contribution in [3.05, 3.63) is 29.8 Å². The van der Waals surface area contributed by atoms with Crippen LogP contribution in [0, 0.1) is 5.41 Å². The Morgan fingerprint density at radius 1 is 1.32 bits per heavy atom. The van der Waals surface area contributed by atoms with E-state index < -0.39 is 0 Å². The lowest BCUT2D eigenvalue weighted by Crippen LogP contribution is -2.30. The number of rotatable bonds is 5. The van der Waals surface area contributed by atoms with Crippen molar-refractivity contribution < 1.29 is 4.74 Å². The molecule has 0 spiro atoms. The molecule has 1 aliphatic carbocycles. The second kappa shape index (κ2) is 5.96. The van der Waals surface area contributed by atoms with Gasteiger partial charge in [-0.15, -0.1) is 0 Å². The van der Waals surface area contributed by atoms with Crippen molar-refractivity contribution in [2.75, 3.05) is 6.61 Å². The Balaban J connectivity index is 1.91. The summed E-state index contributed by atoms with van der Waals surface area (Å²) in [6, 6.07) is 9.54. The summed E-state index contributed by atoms with van der Waals surface area (Å²) in [6.45, 7) is 9.73. The molecule has 2 rings (SSSR count). The van der Waals surface area contributed by atoms with Gasteiger partial charge >= 0.3 is 0 Å². The quantitative estimate of drug-likeness (QED) is 0.852. The molecule has 1 fully saturated rings. The third-order valence-electron chi connectivity index (χ3n) is 4.15. The fourth-order valence-electron chi connectivity index (χ4n) is 3.05. The van der Waals surface area contributed by atoms with Crippen LogP contribution in [0.2, 0.25) is 0 Å². The zero-order valence-electron chi connectivity index (χ0n) is 12.7. The van der Waals surface area contributed by atoms with Gasteiger partial charge < -0.3 is 10.1 Å². The third kappa shape index (κ3) is 3.97. The van der Waals surface area contributed by atoms with E-state index in [4.69, 9.17) is 4.74 Å². The van der Waals surface area contributed by atoms with Crippen LogP contribution in [0.5, 0.6) is 5.75 Å². The first-order valence-corrected chi connectivity index (χ1v) is 7.49. The van der Waals surface area contributed by atoms with Crippen molar-refractivity contribution in [1.29, 1.82) is 0 Å². The molecular weight excluding hydrogens is 234 g/mol. The van der Waals surface area contributed by atoms with E-state index in [0.717, 1.165) is 12.4 Å². The summed E-state index contributed by atoms with van der Waals surface area (Å²) in [5.41, 5.74) is 1.85. The monoisotopic (exact) mass is 261 g/mol. The van der Waals surface area contributed by atoms with Crippen LogP contribution in [0.4, 0.5) is 0 Å². The van der Waals surface area contributed by atoms with Crippen LogP contribution in [0.3, 0.4) is 0 Å². The van der Waals surface area contributed by atoms with Gasteiger partial charge in [0.2, 0.25) is 0 Å². The highest BCUT2D eigenvalue weighted by molar-refractivity contribution is 5.29. The molecule has 2 unspecified atom stereocenters. The number of hydrogen-bond acceptors (Lipinski definition) is 2. The van der Waals surface area contributed by atoms with Gasteiger partial charge in [-0.05, 0) is 56.2 Å². The van der Waals surface area contributed by atoms with Gasteiger partial charge in [-0.1, -0.05) is 26.0 Å². The highest BCUT2D eigenvalue weighted by atomic mass is 16.5. The molecule has 0 bridgehead atoms. The van der Waals surface area contributed by atoms with Crippen LogP contribution in [0.15, 0.2) is 24.3 Å². The van der Waals surface area contributed by atoms with Gasteiger partial charge in [0.1, 0.15) is 5.75 Å². The summed E-state index contributed by atoms with van der Waals surface area (Å²) >= 11 is 0. The molecule has 1 N–H and O–H groups in total. The predicted molar refractivity (Wildman–Crippen MR) is 80.6 cm³/mol. The smallest absolute Gasteiger partial charge is 0.119 e. The zero-order valence-corrected chi connectivity index (χ0v) is 12.7. The lowest BCUT2D eigenvalue weighted by Gasteiger charge is -2.22. The Hall–Kier alpha value is -1.02. The molecule has 106 valence electrons. The van der Waals surface area contributed by atoms with Crippen molar-refractivity contribution in [3.8, 4) is 5.75 Å². The van der Waals surface area contributed by atoms with Gasteiger partial charge in [-0.25, -0.2) is 0 Å². The number of benzene rings is 1. The molecule has 0 amide bonds. The molecule has 1 aromatic carbocycles. The molecule has 0 radical (unpaired) electrons. The molecule has 19 heavy (non-hydrogen) atoms. The van der Waals surface area contributed by atoms with E-state index in [1.807, 2.05) is 6.92 Å². The summed E-state index contributed by atoms with van der Waals surface area (Å²) < 4.78 is 5.48. The summed E-state index contributed by atoms with van der Waals surface area (Å²) in [5.74, 6) is 0.959. The summed E-state index contributed by atoms with van der Waals surface area (Å²) in [4.78, 5) is 0. The van der Waals surface area contributed by atoms with Crippen LogP contribution >= 0.6 is 0 Å². The zero-order chi connectivity index (χ0) is 13.9. The van der Waals surface area contributed by atoms with Crippen molar-refractivity contribution in [1.82, 2.24) is 5.32 Å². The SMILES string of the molecule is CCOc1ccc(C(C)NC2CCC(C)(C)C2)cc1. The highest BCUT2D eigenvalue weighted by Crippen LogP contribution is 2.37. The normalized spacial score (nSPS) is 23.3. The summed E-state index contributed by atoms with van der Waals surface area (Å²) in [5, 5.41) is 3.76. The van der Waals surface area contributed by atoms with E-state index in [0.29, 0.717) is 17.5 Å². The second-order valence-electron chi connectivity index (χ2n) is 6.49. The average molecular weight is 261 g/mol. The van der Waals surface area contributed by atoms with Crippen LogP contribution in [-0.2, 0) is 0 Å². The van der Waals surface area contributed by atoms with E-state index in [-0.39, 0.29) is 0 Å². The van der Waals surface area contributed by atoms with Crippen molar-refractivity contribution in [2.24, 2.45) is 5.41 Å². The Morgan fingerprint density at radius 2 is 2.00 bits per heavy atom. The first-order valence-electron chi connectivity index (χ1n) is 7.49. The van der Waals surface area contributed by atoms with Crippen molar-refractivity contribution >= 4 is 0 Å². The van der Waals surface area contributed by atoms with E-state index in [2.05, 4.69) is 50.4 Å². The maximum Gasteiger partial charge on any atom is 0.119 e. The van der Waals surface area contributed by atoms with Gasteiger partial charge in [0, 0.05) is 12.1 Å². The minimum Gasteiger partial charge on any atom is -0.494 e. The van der Waals surface area contributed by atoms with Crippen molar-refractivity contribution in [3.63, 3.8) is 0 Å². The molecule has 0 saturated heterocycles. The Bertz CT molecular complexity index is 396. The molecule has 1 saturated carbocycles. The Kier molecular flexibility index (Phi) is 4.51. The number of nitrogens with one attached hydrogen (secondary N) is 1. The van der Waals surface area contributed by atoms with Gasteiger partial charge in [-0.2, -0.15) is 0 Å². The molecule has 2 atom stereocenters. The minimum absolute atomic E-state index is 0.412. The molecule has 0 heterocycles. The van der Waals surface area contributed by atoms with E-state index >= 15 is 0 Å². The van der Waals surface area contributed by atoms with Crippen LogP contribution in [0.1, 0.15) is 58.6 Å². The fraction of sp³-hybridized carbons (Fsp3) is 0.647. The van der Waals surface area contributed by atoms with Gasteiger partial charge in [0.15, 0.2) is 0 Å². The van der Waals surface area contributed by atoms with E-state index in [9.17, 15) is 0 Å². The Morgan fingerprint density at radius 3 is 2.53 bits per heavy atom. The van der Waals surface area contributed by atoms with Crippen LogP contribution in [0.25, 0.3) is 0 Å². The van der Waals surface area contributed by atoms with Crippen molar-refractivity contribution in [2.45, 2.75) is 59.0 Å². The topological polar surface area (TPSA) is 21.3 Å². The molecule has 2 nitrogen and oxygen atoms in total. The average Bonchev–Trinajstić information content (AvgIpc) is 2.70. The highest BCUT2D eigenvalue weighted by Gasteiger charge is 2.31. The first kappa shape index (κ1) is 14.4. The second-order valence-corrected chi connectivity index (χ2v) is 6.49. The Labute approximate surface area is 117 Å². The van der Waals surface area contributed by atoms with Gasteiger partial charge in [0.05, 0.1) is 6.61 Å². The minimum atomic E-state index is 0.412. The molecule has 0 aromatic heterocycles. The molecule has 1 aliphatic rings. The standard InChI is InChI=1S/C17H27NO/c1-5-19-16-8-6-14(7-9-16)13(2)18-15-10-11-17(3,4)12-15/h6-9,13,15,18H,5,10-12H2,1-4H3. The van der Waals surface area contributed by atoms with E-state index in [1.165, 1.54) is 24.8 Å². The molecule has 2 heteroatoms. The number of hydrogen-bond donors (Lipinski definition) is 1. The van der Waals surface area contributed by atoms with Crippen LogP contribution in [-0.4, -0.2) is 12.6 Å². The molecule has 1 aromatic rings. The maximum absolute atomic E-state index is 5.48. The summed E-state index contributed by atoms with van der Waals surface area (Å²) in [6.07, 6.45) is 3.92. The first-order chi connectivity index (χ1) is 9.00. The molecule has 0 aliphatic heterocycles.